The third-order valence-corrected chi connectivity index (χ3v) is 10.1. The number of pyridine rings is 1. The summed E-state index contributed by atoms with van der Waals surface area (Å²) in [6.45, 7) is 1.88. The number of halogens is 3. The van der Waals surface area contributed by atoms with Crippen molar-refractivity contribution in [2.24, 2.45) is 18.4 Å². The van der Waals surface area contributed by atoms with E-state index in [4.69, 9.17) is 0 Å². The van der Waals surface area contributed by atoms with Crippen LogP contribution in [0.25, 0.3) is 5.69 Å². The van der Waals surface area contributed by atoms with Gasteiger partial charge in [0, 0.05) is 32.0 Å². The van der Waals surface area contributed by atoms with Crippen molar-refractivity contribution < 1.29 is 26.4 Å². The van der Waals surface area contributed by atoms with Crippen molar-refractivity contribution in [3.63, 3.8) is 0 Å². The van der Waals surface area contributed by atoms with E-state index < -0.39 is 33.0 Å². The molecule has 3 aromatic heterocycles. The number of hydrogen-bond acceptors (Lipinski definition) is 7. The largest absolute Gasteiger partial charge is 0.416 e. The highest BCUT2D eigenvalue weighted by atomic mass is 32.2. The smallest absolute Gasteiger partial charge is 0.292 e. The van der Waals surface area contributed by atoms with Crippen LogP contribution in [0.1, 0.15) is 39.3 Å². The molecule has 14 heteroatoms. The second kappa shape index (κ2) is 9.58. The van der Waals surface area contributed by atoms with E-state index in [0.717, 1.165) is 51.7 Å². The van der Waals surface area contributed by atoms with Crippen LogP contribution < -0.4 is 0 Å². The number of carbonyl (C=O) groups excluding carboxylic acids is 1. The van der Waals surface area contributed by atoms with E-state index in [1.54, 1.807) is 6.20 Å². The van der Waals surface area contributed by atoms with Gasteiger partial charge in [0.25, 0.3) is 10.0 Å². The van der Waals surface area contributed by atoms with Crippen LogP contribution in [0, 0.1) is 18.3 Å². The number of benzene rings is 1. The van der Waals surface area contributed by atoms with E-state index in [1.807, 2.05) is 35.9 Å². The van der Waals surface area contributed by atoms with Gasteiger partial charge in [-0.3, -0.25) is 9.78 Å². The summed E-state index contributed by atoms with van der Waals surface area (Å²) in [5.74, 6) is -0.985. The molecule has 1 fully saturated rings. The summed E-state index contributed by atoms with van der Waals surface area (Å²) in [5.41, 5.74) is 0.872. The van der Waals surface area contributed by atoms with Gasteiger partial charge in [0.1, 0.15) is 5.69 Å². The lowest BCUT2D eigenvalue weighted by atomic mass is 9.60. The lowest BCUT2D eigenvalue weighted by Crippen LogP contribution is -2.58. The summed E-state index contributed by atoms with van der Waals surface area (Å²) >= 11 is 0. The van der Waals surface area contributed by atoms with Crippen molar-refractivity contribution in [3.8, 4) is 5.69 Å². The molecule has 6 rings (SSSR count). The first-order valence-corrected chi connectivity index (χ1v) is 14.4. The fourth-order valence-electron chi connectivity index (χ4n) is 6.03. The Bertz CT molecular complexity index is 1750. The van der Waals surface area contributed by atoms with Crippen LogP contribution in [0.4, 0.5) is 13.2 Å². The average molecular weight is 586 g/mol. The average Bonchev–Trinajstić information content (AvgIpc) is 3.57. The van der Waals surface area contributed by atoms with E-state index in [1.165, 1.54) is 11.4 Å². The zero-order valence-corrected chi connectivity index (χ0v) is 23.0. The summed E-state index contributed by atoms with van der Waals surface area (Å²) in [6.07, 6.45) is -0.107. The topological polar surface area (TPSA) is 116 Å². The summed E-state index contributed by atoms with van der Waals surface area (Å²) in [7, 11) is -2.66. The number of sulfonamides is 1. The fourth-order valence-corrected chi connectivity index (χ4v) is 7.59. The Balaban J connectivity index is 1.45. The molecule has 1 saturated heterocycles. The second-order valence-corrected chi connectivity index (χ2v) is 12.6. The van der Waals surface area contributed by atoms with E-state index >= 15 is 0 Å². The second-order valence-electron chi connectivity index (χ2n) is 10.7. The Morgan fingerprint density at radius 2 is 1.88 bits per heavy atom. The zero-order valence-electron chi connectivity index (χ0n) is 22.2. The van der Waals surface area contributed by atoms with Crippen molar-refractivity contribution in [3.05, 3.63) is 83.1 Å². The highest BCUT2D eigenvalue weighted by molar-refractivity contribution is 7.89. The number of ketones is 1. The molecule has 41 heavy (non-hydrogen) atoms. The predicted octanol–water partition coefficient (Wildman–Crippen LogP) is 3.40. The summed E-state index contributed by atoms with van der Waals surface area (Å²) in [5, 5.41) is 11.8. The third kappa shape index (κ3) is 4.54. The molecule has 1 aliphatic carbocycles. The normalized spacial score (nSPS) is 21.3. The highest BCUT2D eigenvalue weighted by Gasteiger charge is 2.55. The van der Waals surface area contributed by atoms with E-state index in [2.05, 4.69) is 20.4 Å². The maximum atomic E-state index is 14.3. The first-order chi connectivity index (χ1) is 19.4. The Morgan fingerprint density at radius 3 is 2.56 bits per heavy atom. The molecule has 4 aromatic rings. The number of hydrogen-bond donors (Lipinski definition) is 0. The van der Waals surface area contributed by atoms with Gasteiger partial charge in [-0.2, -0.15) is 22.6 Å². The molecule has 1 aromatic carbocycles. The Morgan fingerprint density at radius 1 is 1.12 bits per heavy atom. The number of fused-ring (bicyclic) bond motifs is 2. The summed E-state index contributed by atoms with van der Waals surface area (Å²) in [4.78, 5) is 18.3. The number of aromatic nitrogens is 6. The quantitative estimate of drug-likeness (QED) is 0.330. The number of rotatable bonds is 5. The van der Waals surface area contributed by atoms with Crippen LogP contribution in [0.15, 0.2) is 60.0 Å². The SMILES string of the molecule is Cc1ccc(-n2ncc3c2C[C@@H]2CCN(S(=O)(=O)c4cnnn4C)C[C@@]2(C(=O)c2cc(C(F)(F)F)ccn2)C3)cc1. The van der Waals surface area contributed by atoms with Crippen LogP contribution in [0.2, 0.25) is 0 Å². The number of nitrogens with zero attached hydrogens (tertiary/aromatic N) is 7. The van der Waals surface area contributed by atoms with Gasteiger partial charge in [-0.05, 0) is 61.9 Å². The third-order valence-electron chi connectivity index (χ3n) is 8.20. The van der Waals surface area contributed by atoms with Crippen LogP contribution in [0.5, 0.6) is 0 Å². The van der Waals surface area contributed by atoms with Crippen molar-refractivity contribution in [1.82, 2.24) is 34.1 Å². The first-order valence-electron chi connectivity index (χ1n) is 13.0. The minimum atomic E-state index is -4.67. The lowest BCUT2D eigenvalue weighted by molar-refractivity contribution is -0.137. The number of Topliss-reactive ketones (excluding diaryl/α,β-unsaturated/α-hetero) is 1. The molecule has 4 heterocycles. The molecule has 0 N–H and O–H groups in total. The highest BCUT2D eigenvalue weighted by Crippen LogP contribution is 2.48. The van der Waals surface area contributed by atoms with E-state index in [-0.39, 0.29) is 36.1 Å². The number of carbonyl (C=O) groups is 1. The molecule has 0 bridgehead atoms. The maximum Gasteiger partial charge on any atom is 0.416 e. The van der Waals surface area contributed by atoms with Crippen molar-refractivity contribution >= 4 is 15.8 Å². The molecular formula is C27H26F3N7O3S. The van der Waals surface area contributed by atoms with Gasteiger partial charge in [0.2, 0.25) is 0 Å². The molecule has 1 aliphatic heterocycles. The Kier molecular flexibility index (Phi) is 6.37. The van der Waals surface area contributed by atoms with Crippen LogP contribution in [0.3, 0.4) is 0 Å². The van der Waals surface area contributed by atoms with Crippen molar-refractivity contribution in [2.75, 3.05) is 13.1 Å². The van der Waals surface area contributed by atoms with Gasteiger partial charge in [-0.1, -0.05) is 22.9 Å². The van der Waals surface area contributed by atoms with Gasteiger partial charge in [0.15, 0.2) is 10.8 Å². The summed E-state index contributed by atoms with van der Waals surface area (Å²) < 4.78 is 72.1. The molecule has 0 amide bonds. The van der Waals surface area contributed by atoms with Crippen LogP contribution >= 0.6 is 0 Å². The van der Waals surface area contributed by atoms with E-state index in [0.29, 0.717) is 12.8 Å². The van der Waals surface area contributed by atoms with Gasteiger partial charge in [-0.25, -0.2) is 17.8 Å². The standard InChI is InChI=1S/C27H26F3N7O3S/c1-17-3-5-21(6-4-17)37-23-12-19-8-10-36(41(39,40)24-15-32-34-35(24)2)16-26(19,13-18(23)14-33-37)25(38)22-11-20(7-9-31-22)27(28,29)30/h3-7,9,11,14-15,19H,8,10,12-13,16H2,1-2H3/t19-,26-/m0/s1. The molecule has 0 saturated carbocycles. The molecule has 0 spiro atoms. The lowest BCUT2D eigenvalue weighted by Gasteiger charge is -2.49. The number of aryl methyl sites for hydroxylation is 2. The molecular weight excluding hydrogens is 559 g/mol. The van der Waals surface area contributed by atoms with E-state index in [9.17, 15) is 26.4 Å². The monoisotopic (exact) mass is 585 g/mol. The first kappa shape index (κ1) is 27.3. The zero-order chi connectivity index (χ0) is 29.2. The predicted molar refractivity (Wildman–Crippen MR) is 140 cm³/mol. The van der Waals surface area contributed by atoms with Crippen molar-refractivity contribution in [2.45, 2.75) is 37.4 Å². The Hall–Kier alpha value is -3.91. The number of alkyl halides is 3. The van der Waals surface area contributed by atoms with Gasteiger partial charge in [-0.15, -0.1) is 5.10 Å². The Labute approximate surface area is 233 Å². The van der Waals surface area contributed by atoms with Gasteiger partial charge >= 0.3 is 6.18 Å². The van der Waals surface area contributed by atoms with Gasteiger partial charge < -0.3 is 0 Å². The summed E-state index contributed by atoms with van der Waals surface area (Å²) in [6, 6.07) is 9.38. The fraction of sp³-hybridized carbons (Fsp3) is 0.370. The van der Waals surface area contributed by atoms with Gasteiger partial charge in [0.05, 0.1) is 29.1 Å². The van der Waals surface area contributed by atoms with Crippen LogP contribution in [-0.2, 0) is 36.1 Å². The molecule has 2 aliphatic rings. The van der Waals surface area contributed by atoms with Crippen LogP contribution in [-0.4, -0.2) is 61.4 Å². The molecule has 2 atom stereocenters. The maximum absolute atomic E-state index is 14.3. The molecule has 0 unspecified atom stereocenters. The van der Waals surface area contributed by atoms with Crippen molar-refractivity contribution in [1.29, 1.82) is 0 Å². The molecule has 0 radical (unpaired) electrons. The minimum Gasteiger partial charge on any atom is -0.292 e. The minimum absolute atomic E-state index is 0.102. The molecule has 214 valence electrons. The number of piperidine rings is 1. The molecule has 10 nitrogen and oxygen atoms in total.